The highest BCUT2D eigenvalue weighted by Gasteiger charge is 2.19. The van der Waals surface area contributed by atoms with Gasteiger partial charge in [0.25, 0.3) is 0 Å². The number of carbonyl (C=O) groups is 1. The van der Waals surface area contributed by atoms with Crippen LogP contribution in [-0.2, 0) is 16.6 Å². The van der Waals surface area contributed by atoms with Crippen LogP contribution in [-0.4, -0.2) is 24.5 Å². The highest BCUT2D eigenvalue weighted by molar-refractivity contribution is 7.89. The molecule has 0 spiro atoms. The second kappa shape index (κ2) is 6.88. The van der Waals surface area contributed by atoms with Crippen molar-refractivity contribution in [2.75, 3.05) is 0 Å². The first-order valence-corrected chi connectivity index (χ1v) is 8.75. The lowest BCUT2D eigenvalue weighted by Gasteiger charge is -2.09. The molecule has 1 aromatic carbocycles. The Kier molecular flexibility index (Phi) is 4.64. The zero-order chi connectivity index (χ0) is 17.9. The van der Waals surface area contributed by atoms with Crippen LogP contribution in [0.1, 0.15) is 16.1 Å². The summed E-state index contributed by atoms with van der Waals surface area (Å²) in [6, 6.07) is 10.6. The summed E-state index contributed by atoms with van der Waals surface area (Å²) in [5.41, 5.74) is 0.944. The van der Waals surface area contributed by atoms with Crippen LogP contribution in [0.25, 0.3) is 11.1 Å². The Labute approximate surface area is 144 Å². The van der Waals surface area contributed by atoms with E-state index in [4.69, 9.17) is 4.42 Å². The molecule has 7 nitrogen and oxygen atoms in total. The molecule has 0 atom stereocenters. The lowest BCUT2D eigenvalue weighted by molar-refractivity contribution is 0.0696. The predicted molar refractivity (Wildman–Crippen MR) is 89.4 cm³/mol. The average molecular weight is 358 g/mol. The van der Waals surface area contributed by atoms with Crippen molar-refractivity contribution in [3.63, 3.8) is 0 Å². The number of carboxylic acid groups (broad SMARTS) is 1. The molecule has 0 amide bonds. The SMILES string of the molecule is O=C(O)c1cc(-c2cccnc2)cc(S(=O)(=O)NCc2ccco2)c1. The van der Waals surface area contributed by atoms with E-state index in [-0.39, 0.29) is 17.0 Å². The Balaban J connectivity index is 1.99. The summed E-state index contributed by atoms with van der Waals surface area (Å²) in [5, 5.41) is 9.28. The molecular weight excluding hydrogens is 344 g/mol. The number of hydrogen-bond donors (Lipinski definition) is 2. The van der Waals surface area contributed by atoms with Crippen LogP contribution in [0.4, 0.5) is 0 Å². The van der Waals surface area contributed by atoms with E-state index in [0.717, 1.165) is 6.07 Å². The summed E-state index contributed by atoms with van der Waals surface area (Å²) < 4.78 is 32.5. The van der Waals surface area contributed by atoms with E-state index in [1.54, 1.807) is 30.5 Å². The van der Waals surface area contributed by atoms with Crippen molar-refractivity contribution >= 4 is 16.0 Å². The number of benzene rings is 1. The molecule has 0 radical (unpaired) electrons. The molecule has 3 aromatic rings. The molecule has 0 bridgehead atoms. The maximum absolute atomic E-state index is 12.5. The van der Waals surface area contributed by atoms with Crippen LogP contribution in [0.5, 0.6) is 0 Å². The maximum Gasteiger partial charge on any atom is 0.335 e. The molecule has 0 unspecified atom stereocenters. The van der Waals surface area contributed by atoms with E-state index >= 15 is 0 Å². The molecule has 2 aromatic heterocycles. The van der Waals surface area contributed by atoms with Crippen LogP contribution in [0.2, 0.25) is 0 Å². The second-order valence-corrected chi connectivity index (χ2v) is 6.96. The van der Waals surface area contributed by atoms with E-state index in [0.29, 0.717) is 16.9 Å². The van der Waals surface area contributed by atoms with E-state index in [1.807, 2.05) is 0 Å². The molecule has 0 saturated carbocycles. The van der Waals surface area contributed by atoms with Crippen molar-refractivity contribution in [1.29, 1.82) is 0 Å². The number of pyridine rings is 1. The highest BCUT2D eigenvalue weighted by Crippen LogP contribution is 2.24. The van der Waals surface area contributed by atoms with Crippen LogP contribution < -0.4 is 4.72 Å². The average Bonchev–Trinajstić information content (AvgIpc) is 3.14. The van der Waals surface area contributed by atoms with Gasteiger partial charge in [0.2, 0.25) is 10.0 Å². The van der Waals surface area contributed by atoms with Crippen molar-refractivity contribution in [2.24, 2.45) is 0 Å². The van der Waals surface area contributed by atoms with Gasteiger partial charge in [-0.1, -0.05) is 6.07 Å². The lowest BCUT2D eigenvalue weighted by Crippen LogP contribution is -2.23. The summed E-state index contributed by atoms with van der Waals surface area (Å²) in [4.78, 5) is 15.2. The molecule has 0 aliphatic rings. The van der Waals surface area contributed by atoms with Crippen molar-refractivity contribution in [3.05, 3.63) is 72.4 Å². The van der Waals surface area contributed by atoms with Crippen molar-refractivity contribution in [2.45, 2.75) is 11.4 Å². The third kappa shape index (κ3) is 3.93. The van der Waals surface area contributed by atoms with E-state index in [1.165, 1.54) is 24.6 Å². The number of furan rings is 1. The Hall–Kier alpha value is -2.97. The molecule has 2 N–H and O–H groups in total. The quantitative estimate of drug-likeness (QED) is 0.701. The van der Waals surface area contributed by atoms with Crippen LogP contribution in [0, 0.1) is 0 Å². The minimum absolute atomic E-state index is 0.0329. The molecule has 0 aliphatic heterocycles. The first-order chi connectivity index (χ1) is 12.0. The Bertz CT molecular complexity index is 983. The fourth-order valence-corrected chi connectivity index (χ4v) is 3.30. The third-order valence-corrected chi connectivity index (χ3v) is 4.86. The van der Waals surface area contributed by atoms with Gasteiger partial charge >= 0.3 is 5.97 Å². The number of nitrogens with zero attached hydrogens (tertiary/aromatic N) is 1. The van der Waals surface area contributed by atoms with Gasteiger partial charge in [-0.25, -0.2) is 17.9 Å². The van der Waals surface area contributed by atoms with Gasteiger partial charge in [0.05, 0.1) is 23.3 Å². The number of nitrogens with one attached hydrogen (secondary N) is 1. The molecule has 0 aliphatic carbocycles. The predicted octanol–water partition coefficient (Wildman–Crippen LogP) is 2.52. The number of hydrogen-bond acceptors (Lipinski definition) is 5. The standard InChI is InChI=1S/C17H14N2O5S/c20-17(21)14-7-13(12-3-1-5-18-10-12)8-16(9-14)25(22,23)19-11-15-4-2-6-24-15/h1-10,19H,11H2,(H,20,21). The van der Waals surface area contributed by atoms with Crippen LogP contribution in [0.15, 0.2) is 70.4 Å². The Morgan fingerprint density at radius 2 is 2.00 bits per heavy atom. The van der Waals surface area contributed by atoms with Gasteiger partial charge in [0.15, 0.2) is 0 Å². The molecule has 0 fully saturated rings. The summed E-state index contributed by atoms with van der Waals surface area (Å²) >= 11 is 0. The molecule has 3 rings (SSSR count). The first-order valence-electron chi connectivity index (χ1n) is 7.26. The van der Waals surface area contributed by atoms with Gasteiger partial charge < -0.3 is 9.52 Å². The normalized spacial score (nSPS) is 11.4. The van der Waals surface area contributed by atoms with Crippen molar-refractivity contribution in [3.8, 4) is 11.1 Å². The van der Waals surface area contributed by atoms with Crippen molar-refractivity contribution < 1.29 is 22.7 Å². The van der Waals surface area contributed by atoms with Crippen LogP contribution in [0.3, 0.4) is 0 Å². The number of sulfonamides is 1. The van der Waals surface area contributed by atoms with Gasteiger partial charge in [0, 0.05) is 18.0 Å². The van der Waals surface area contributed by atoms with E-state index < -0.39 is 16.0 Å². The van der Waals surface area contributed by atoms with Gasteiger partial charge in [-0.05, 0) is 42.0 Å². The minimum atomic E-state index is -3.92. The third-order valence-electron chi connectivity index (χ3n) is 3.48. The monoisotopic (exact) mass is 358 g/mol. The van der Waals surface area contributed by atoms with Gasteiger partial charge in [-0.2, -0.15) is 0 Å². The fraction of sp³-hybridized carbons (Fsp3) is 0.0588. The molecule has 0 saturated heterocycles. The number of carboxylic acids is 1. The summed E-state index contributed by atoms with van der Waals surface area (Å²) in [5.74, 6) is -0.765. The van der Waals surface area contributed by atoms with E-state index in [2.05, 4.69) is 9.71 Å². The smallest absolute Gasteiger partial charge is 0.335 e. The second-order valence-electron chi connectivity index (χ2n) is 5.20. The molecule has 25 heavy (non-hydrogen) atoms. The van der Waals surface area contributed by atoms with Gasteiger partial charge in [0.1, 0.15) is 5.76 Å². The Morgan fingerprint density at radius 3 is 2.64 bits per heavy atom. The largest absolute Gasteiger partial charge is 0.478 e. The number of rotatable bonds is 6. The number of aromatic nitrogens is 1. The minimum Gasteiger partial charge on any atom is -0.478 e. The summed E-state index contributed by atoms with van der Waals surface area (Å²) in [6.45, 7) is -0.0329. The first kappa shape index (κ1) is 16.9. The Morgan fingerprint density at radius 1 is 1.16 bits per heavy atom. The topological polar surface area (TPSA) is 109 Å². The molecular formula is C17H14N2O5S. The number of aromatic carboxylic acids is 1. The maximum atomic E-state index is 12.5. The van der Waals surface area contributed by atoms with Crippen molar-refractivity contribution in [1.82, 2.24) is 9.71 Å². The van der Waals surface area contributed by atoms with Gasteiger partial charge in [-0.3, -0.25) is 4.98 Å². The summed E-state index contributed by atoms with van der Waals surface area (Å²) in [7, 11) is -3.92. The zero-order valence-corrected chi connectivity index (χ0v) is 13.7. The van der Waals surface area contributed by atoms with E-state index in [9.17, 15) is 18.3 Å². The fourth-order valence-electron chi connectivity index (χ4n) is 2.24. The van der Waals surface area contributed by atoms with Crippen LogP contribution >= 0.6 is 0 Å². The molecule has 8 heteroatoms. The lowest BCUT2D eigenvalue weighted by atomic mass is 10.0. The van der Waals surface area contributed by atoms with Gasteiger partial charge in [-0.15, -0.1) is 0 Å². The highest BCUT2D eigenvalue weighted by atomic mass is 32.2. The summed E-state index contributed by atoms with van der Waals surface area (Å²) in [6.07, 6.45) is 4.55. The zero-order valence-electron chi connectivity index (χ0n) is 12.9. The molecule has 128 valence electrons. The molecule has 2 heterocycles.